The fourth-order valence-electron chi connectivity index (χ4n) is 1.26. The van der Waals surface area contributed by atoms with Crippen LogP contribution in [0.1, 0.15) is 0 Å². The quantitative estimate of drug-likeness (QED) is 0.397. The van der Waals surface area contributed by atoms with Crippen LogP contribution in [0.15, 0.2) is 0 Å². The van der Waals surface area contributed by atoms with Crippen LogP contribution in [0.4, 0.5) is 70.2 Å². The number of alkyl halides is 16. The molecule has 0 radical (unpaired) electrons. The molecule has 0 fully saturated rings. The zero-order valence-electron chi connectivity index (χ0n) is 12.4. The molecule has 0 aromatic rings. The van der Waals surface area contributed by atoms with Crippen molar-refractivity contribution in [3.63, 3.8) is 0 Å². The summed E-state index contributed by atoms with van der Waals surface area (Å²) in [5.74, 6) is -61.5. The summed E-state index contributed by atoms with van der Waals surface area (Å²) in [5.41, 5.74) is 0. The predicted octanol–water partition coefficient (Wildman–Crippen LogP) is 0.452. The van der Waals surface area contributed by atoms with Crippen molar-refractivity contribution in [2.24, 2.45) is 0 Å². The van der Waals surface area contributed by atoms with Crippen molar-refractivity contribution >= 4 is 5.97 Å². The van der Waals surface area contributed by atoms with Crippen LogP contribution in [0, 0.1) is 0 Å². The molecule has 2 nitrogen and oxygen atoms in total. The Morgan fingerprint density at radius 2 is 0.821 bits per heavy atom. The summed E-state index contributed by atoms with van der Waals surface area (Å²) in [5, 5.41) is 9.66. The van der Waals surface area contributed by atoms with Crippen LogP contribution in [-0.2, 0) is 4.79 Å². The predicted molar refractivity (Wildman–Crippen MR) is 45.6 cm³/mol. The van der Waals surface area contributed by atoms with Gasteiger partial charge in [0.1, 0.15) is 5.97 Å². The molecular formula is C9HF16LiO2. The fraction of sp³-hybridized carbons (Fsp3) is 0.889. The van der Waals surface area contributed by atoms with Crippen LogP contribution in [0.2, 0.25) is 0 Å². The summed E-state index contributed by atoms with van der Waals surface area (Å²) in [4.78, 5) is 9.66. The summed E-state index contributed by atoms with van der Waals surface area (Å²) < 4.78 is 202. The first-order valence-electron chi connectivity index (χ1n) is 5.53. The Bertz CT molecular complexity index is 585. The van der Waals surface area contributed by atoms with Gasteiger partial charge in [-0.15, -0.1) is 0 Å². The van der Waals surface area contributed by atoms with E-state index in [1.54, 1.807) is 0 Å². The first-order valence-corrected chi connectivity index (χ1v) is 5.53. The van der Waals surface area contributed by atoms with E-state index in [1.807, 2.05) is 0 Å². The van der Waals surface area contributed by atoms with Gasteiger partial charge in [-0.1, -0.05) is 0 Å². The Morgan fingerprint density at radius 3 is 1.07 bits per heavy atom. The van der Waals surface area contributed by atoms with E-state index in [0.717, 1.165) is 0 Å². The second-order valence-corrected chi connectivity index (χ2v) is 4.66. The Labute approximate surface area is 154 Å². The topological polar surface area (TPSA) is 40.1 Å². The van der Waals surface area contributed by atoms with Crippen molar-refractivity contribution in [3.05, 3.63) is 0 Å². The monoisotopic (exact) mass is 452 g/mol. The van der Waals surface area contributed by atoms with Crippen molar-refractivity contribution in [1.29, 1.82) is 0 Å². The molecule has 0 aromatic carbocycles. The normalized spacial score (nSPS) is 15.5. The van der Waals surface area contributed by atoms with E-state index in [1.165, 1.54) is 0 Å². The Hall–Kier alpha value is -1.05. The average Bonchev–Trinajstić information content (AvgIpc) is 2.45. The van der Waals surface area contributed by atoms with E-state index in [-0.39, 0.29) is 18.9 Å². The number of hydrogen-bond acceptors (Lipinski definition) is 2. The molecule has 0 spiro atoms. The number of aliphatic carboxylic acids is 1. The maximum absolute atomic E-state index is 13.0. The summed E-state index contributed by atoms with van der Waals surface area (Å²) in [7, 11) is 0. The molecule has 0 unspecified atom stereocenters. The van der Waals surface area contributed by atoms with Crippen LogP contribution >= 0.6 is 0 Å². The summed E-state index contributed by atoms with van der Waals surface area (Å²) in [6, 6.07) is 0. The van der Waals surface area contributed by atoms with Crippen molar-refractivity contribution in [3.8, 4) is 0 Å². The van der Waals surface area contributed by atoms with Crippen molar-refractivity contribution < 1.29 is 99.0 Å². The van der Waals surface area contributed by atoms with Gasteiger partial charge in [0, 0.05) is 0 Å². The van der Waals surface area contributed by atoms with Crippen LogP contribution in [0.5, 0.6) is 0 Å². The minimum absolute atomic E-state index is 0. The Morgan fingerprint density at radius 1 is 0.571 bits per heavy atom. The standard InChI is InChI=1S/C9H2F16O2.Li/c10-1(11)3(12,13)5(16,17)7(20,21)9(24,25)8(22,23)6(18,19)4(14,15)2(26)27;/h1H,(H,26,27);/q;+1/p-1. The number of rotatable bonds is 8. The molecule has 0 aromatic heterocycles. The third-order valence-corrected chi connectivity index (χ3v) is 2.92. The van der Waals surface area contributed by atoms with Gasteiger partial charge in [-0.2, -0.15) is 61.5 Å². The Kier molecular flexibility index (Phi) is 7.63. The first kappa shape index (κ1) is 29.2. The average molecular weight is 452 g/mol. The van der Waals surface area contributed by atoms with Crippen LogP contribution in [-0.4, -0.2) is 53.9 Å². The molecule has 0 atom stereocenters. The van der Waals surface area contributed by atoms with Crippen molar-refractivity contribution in [1.82, 2.24) is 0 Å². The second-order valence-electron chi connectivity index (χ2n) is 4.66. The molecule has 0 aliphatic carbocycles. The molecular weight excluding hydrogens is 451 g/mol. The molecule has 0 saturated heterocycles. The first-order chi connectivity index (χ1) is 11.4. The summed E-state index contributed by atoms with van der Waals surface area (Å²) in [6.07, 6.45) is -5.94. The summed E-state index contributed by atoms with van der Waals surface area (Å²) >= 11 is 0. The van der Waals surface area contributed by atoms with Gasteiger partial charge in [0.2, 0.25) is 0 Å². The molecule has 19 heteroatoms. The Balaban J connectivity index is 0. The third kappa shape index (κ3) is 3.39. The molecule has 0 heterocycles. The maximum Gasteiger partial charge on any atom is 1.00 e. The molecule has 0 aliphatic heterocycles. The van der Waals surface area contributed by atoms with E-state index in [2.05, 4.69) is 0 Å². The van der Waals surface area contributed by atoms with Gasteiger partial charge < -0.3 is 9.90 Å². The largest absolute Gasteiger partial charge is 1.00 e. The van der Waals surface area contributed by atoms with Crippen LogP contribution in [0.3, 0.4) is 0 Å². The van der Waals surface area contributed by atoms with Gasteiger partial charge in [-0.3, -0.25) is 0 Å². The molecule has 0 aliphatic rings. The smallest absolute Gasteiger partial charge is 0.544 e. The zero-order chi connectivity index (χ0) is 22.7. The number of carboxylic acids is 1. The van der Waals surface area contributed by atoms with Gasteiger partial charge in [0.05, 0.1) is 0 Å². The van der Waals surface area contributed by atoms with E-state index in [4.69, 9.17) is 0 Å². The molecule has 162 valence electrons. The summed E-state index contributed by atoms with van der Waals surface area (Å²) in [6.45, 7) is 0. The van der Waals surface area contributed by atoms with Crippen LogP contribution in [0.25, 0.3) is 0 Å². The van der Waals surface area contributed by atoms with Gasteiger partial charge in [0.25, 0.3) is 0 Å². The van der Waals surface area contributed by atoms with Gasteiger partial charge in [0.15, 0.2) is 0 Å². The molecule has 0 N–H and O–H groups in total. The number of halogens is 16. The van der Waals surface area contributed by atoms with Crippen molar-refractivity contribution in [2.45, 2.75) is 47.9 Å². The third-order valence-electron chi connectivity index (χ3n) is 2.92. The van der Waals surface area contributed by atoms with Crippen molar-refractivity contribution in [2.75, 3.05) is 0 Å². The van der Waals surface area contributed by atoms with Gasteiger partial charge in [-0.05, 0) is 0 Å². The second kappa shape index (κ2) is 7.33. The van der Waals surface area contributed by atoms with E-state index < -0.39 is 53.9 Å². The van der Waals surface area contributed by atoms with E-state index in [0.29, 0.717) is 0 Å². The number of carbonyl (C=O) groups is 1. The minimum atomic E-state index is -8.61. The van der Waals surface area contributed by atoms with E-state index >= 15 is 0 Å². The van der Waals surface area contributed by atoms with E-state index in [9.17, 15) is 80.1 Å². The number of hydrogen-bond donors (Lipinski definition) is 0. The van der Waals surface area contributed by atoms with Gasteiger partial charge >= 0.3 is 66.7 Å². The fourth-order valence-corrected chi connectivity index (χ4v) is 1.26. The van der Waals surface area contributed by atoms with Gasteiger partial charge in [-0.25, -0.2) is 8.78 Å². The SMILES string of the molecule is O=C([O-])C(F)(F)C(F)(F)C(F)(F)C(F)(F)C(F)(F)C(F)(F)C(F)(F)C(F)F.[Li+]. The number of carbonyl (C=O) groups excluding carboxylic acids is 1. The molecule has 0 amide bonds. The minimum Gasteiger partial charge on any atom is -0.544 e. The zero-order valence-corrected chi connectivity index (χ0v) is 12.4. The number of carboxylic acid groups (broad SMARTS) is 1. The van der Waals surface area contributed by atoms with Crippen LogP contribution < -0.4 is 24.0 Å². The molecule has 0 saturated carbocycles. The molecule has 0 bridgehead atoms. The maximum atomic E-state index is 13.0. The molecule has 0 rings (SSSR count). The molecule has 28 heavy (non-hydrogen) atoms.